The van der Waals surface area contributed by atoms with Gasteiger partial charge in [-0.1, -0.05) is 91.8 Å². The molecule has 14 atom stereocenters. The third-order valence-electron chi connectivity index (χ3n) is 17.5. The van der Waals surface area contributed by atoms with Gasteiger partial charge in [0, 0.05) is 26.2 Å². The molecule has 0 saturated carbocycles. The molecule has 2 aromatic carbocycles. The number of anilines is 2. The molecule has 0 amide bonds. The number of esters is 6. The Balaban J connectivity index is 0.000000241. The predicted octanol–water partition coefficient (Wildman–Crippen LogP) is 7.31. The molecule has 0 radical (unpaired) electrons. The summed E-state index contributed by atoms with van der Waals surface area (Å²) in [6.45, 7) is 13.7. The van der Waals surface area contributed by atoms with Crippen LogP contribution in [-0.4, -0.2) is 202 Å². The maximum Gasteiger partial charge on any atom is 0.459 e. The molecule has 568 valence electrons. The fourth-order valence-electron chi connectivity index (χ4n) is 11.6. The molecule has 6 N–H and O–H groups in total. The molecule has 36 heteroatoms. The minimum Gasteiger partial charge on any atom is -0.460 e. The summed E-state index contributed by atoms with van der Waals surface area (Å²) in [5.74, 6) is -6.41. The number of rotatable bonds is 30. The molecule has 4 fully saturated rings. The number of ether oxygens (including phenoxy) is 8. The third kappa shape index (κ3) is 19.0. The maximum atomic E-state index is 15.8. The van der Waals surface area contributed by atoms with Crippen molar-refractivity contribution < 1.29 is 103 Å². The van der Waals surface area contributed by atoms with E-state index in [0.717, 1.165) is 13.1 Å². The molecular formula is C68H92F2N12O20P2. The fraction of sp³-hybridized carbons (Fsp3) is 0.559. The highest BCUT2D eigenvalue weighted by atomic mass is 31.2. The number of aromatic nitrogens is 6. The molecule has 0 aliphatic carbocycles. The van der Waals surface area contributed by atoms with Gasteiger partial charge in [0.05, 0.1) is 48.3 Å². The first-order valence-corrected chi connectivity index (χ1v) is 37.2. The van der Waals surface area contributed by atoms with Crippen LogP contribution in [0.15, 0.2) is 97.6 Å². The number of carbonyl (C=O) groups is 6. The number of likely N-dealkylation sites (tertiary alicyclic amines) is 2. The Morgan fingerprint density at radius 1 is 0.519 bits per heavy atom. The average Bonchev–Trinajstić information content (AvgIpc) is 1.59. The third-order valence-corrected chi connectivity index (χ3v) is 20.7. The minimum absolute atomic E-state index is 0.110. The normalized spacial score (nSPS) is 25.2. The molecule has 4 saturated heterocycles. The van der Waals surface area contributed by atoms with E-state index in [0.29, 0.717) is 37.0 Å². The minimum atomic E-state index is -4.58. The first-order valence-electron chi connectivity index (χ1n) is 34.1. The highest BCUT2D eigenvalue weighted by Crippen LogP contribution is 2.53. The van der Waals surface area contributed by atoms with Crippen LogP contribution in [0.3, 0.4) is 0 Å². The van der Waals surface area contributed by atoms with Gasteiger partial charge in [0.1, 0.15) is 85.0 Å². The van der Waals surface area contributed by atoms with E-state index in [4.69, 9.17) is 67.5 Å². The van der Waals surface area contributed by atoms with E-state index in [2.05, 4.69) is 30.3 Å². The summed E-state index contributed by atoms with van der Waals surface area (Å²) in [5.41, 5.74) is 8.98. The lowest BCUT2D eigenvalue weighted by Crippen LogP contribution is -2.52. The summed E-state index contributed by atoms with van der Waals surface area (Å²) in [6.07, 6.45) is -5.77. The Morgan fingerprint density at radius 2 is 0.865 bits per heavy atom. The van der Waals surface area contributed by atoms with Gasteiger partial charge >= 0.3 is 51.3 Å². The Kier molecular flexibility index (Phi) is 26.3. The molecule has 10 rings (SSSR count). The van der Waals surface area contributed by atoms with Gasteiger partial charge in [0.15, 0.2) is 47.3 Å². The van der Waals surface area contributed by atoms with Crippen molar-refractivity contribution in [3.05, 3.63) is 109 Å². The number of nitrogens with one attached hydrogen (secondary N) is 2. The summed E-state index contributed by atoms with van der Waals surface area (Å²) >= 11 is 0. The number of nitrogen functional groups attached to an aromatic ring is 2. The number of alkyl halides is 2. The van der Waals surface area contributed by atoms with Crippen LogP contribution in [0.5, 0.6) is 11.5 Å². The SMILES string of the molecule is CC(C)C(=O)O[C@H]1[C@H](c2ccc3c(N)ncnn23)O[C@](CF)(CO[P@@](=O)(N[C@@H](C)C(=O)O[C@@H]2CCN(C)C2)Oc2ccccc2)[C@H]1OC(=O)C(C)C.CC(C)C(=O)O[C@H]1[C@H](c2ccc3c(N)ncnn23)O[C@](CF)(CO[P@](=O)(N[C@@H](C)C(=O)O[C@@H]2CCN(C)C2)Oc2ccccc2)[C@H]1OC(=O)C(C)C. The molecule has 0 bridgehead atoms. The number of benzene rings is 2. The van der Waals surface area contributed by atoms with E-state index < -0.39 is 161 Å². The topological polar surface area (TPSA) is 390 Å². The van der Waals surface area contributed by atoms with Gasteiger partial charge < -0.3 is 68.2 Å². The van der Waals surface area contributed by atoms with Gasteiger partial charge in [0.25, 0.3) is 0 Å². The van der Waals surface area contributed by atoms with Crippen LogP contribution in [-0.2, 0) is 84.8 Å². The second kappa shape index (κ2) is 34.3. The van der Waals surface area contributed by atoms with Crippen molar-refractivity contribution in [1.29, 1.82) is 0 Å². The number of likely N-dealkylation sites (N-methyl/N-ethyl adjacent to an activating group) is 2. The largest absolute Gasteiger partial charge is 0.460 e. The van der Waals surface area contributed by atoms with E-state index in [1.807, 2.05) is 23.9 Å². The molecule has 4 aliphatic rings. The number of fused-ring (bicyclic) bond motifs is 2. The Bertz CT molecular complexity index is 3810. The molecule has 4 aromatic heterocycles. The van der Waals surface area contributed by atoms with Crippen LogP contribution in [0.25, 0.3) is 11.0 Å². The maximum absolute atomic E-state index is 15.8. The lowest BCUT2D eigenvalue weighted by atomic mass is 9.95. The van der Waals surface area contributed by atoms with Crippen LogP contribution < -0.4 is 30.7 Å². The zero-order valence-electron chi connectivity index (χ0n) is 59.9. The van der Waals surface area contributed by atoms with Crippen LogP contribution in [0.4, 0.5) is 20.4 Å². The average molecular weight is 1500 g/mol. The number of nitrogens with two attached hydrogens (primary N) is 2. The van der Waals surface area contributed by atoms with Crippen LogP contribution in [0.2, 0.25) is 0 Å². The van der Waals surface area contributed by atoms with Crippen molar-refractivity contribution in [1.82, 2.24) is 49.2 Å². The molecule has 104 heavy (non-hydrogen) atoms. The fourth-order valence-corrected chi connectivity index (χ4v) is 14.7. The predicted molar refractivity (Wildman–Crippen MR) is 369 cm³/mol. The summed E-state index contributed by atoms with van der Waals surface area (Å²) in [7, 11) is -5.35. The van der Waals surface area contributed by atoms with Crippen molar-refractivity contribution >= 4 is 74.0 Å². The quantitative estimate of drug-likeness (QED) is 0.0195. The van der Waals surface area contributed by atoms with Crippen molar-refractivity contribution in [2.75, 3.05) is 78.3 Å². The molecule has 0 unspecified atom stereocenters. The van der Waals surface area contributed by atoms with Crippen LogP contribution >= 0.6 is 15.5 Å². The number of hydrogen-bond donors (Lipinski definition) is 4. The van der Waals surface area contributed by atoms with Crippen molar-refractivity contribution in [3.8, 4) is 11.5 Å². The summed E-state index contributed by atoms with van der Waals surface area (Å²) in [4.78, 5) is 90.8. The zero-order valence-corrected chi connectivity index (χ0v) is 61.7. The van der Waals surface area contributed by atoms with Crippen molar-refractivity contribution in [2.45, 2.75) is 154 Å². The second-order valence-corrected chi connectivity index (χ2v) is 30.7. The van der Waals surface area contributed by atoms with E-state index in [-0.39, 0.29) is 46.7 Å². The van der Waals surface area contributed by atoms with Gasteiger partial charge in [-0.05, 0) is 89.3 Å². The van der Waals surface area contributed by atoms with E-state index in [1.54, 1.807) is 116 Å². The molecule has 32 nitrogen and oxygen atoms in total. The summed E-state index contributed by atoms with van der Waals surface area (Å²) in [5, 5.41) is 13.7. The summed E-state index contributed by atoms with van der Waals surface area (Å²) in [6, 6.07) is 20.0. The smallest absolute Gasteiger partial charge is 0.459 e. The van der Waals surface area contributed by atoms with E-state index in [1.165, 1.54) is 59.8 Å². The van der Waals surface area contributed by atoms with Gasteiger partial charge in [0.2, 0.25) is 0 Å². The molecular weight excluding hydrogens is 1400 g/mol. The van der Waals surface area contributed by atoms with E-state index in [9.17, 15) is 37.9 Å². The van der Waals surface area contributed by atoms with Crippen molar-refractivity contribution in [3.63, 3.8) is 0 Å². The Morgan fingerprint density at radius 3 is 1.18 bits per heavy atom. The summed E-state index contributed by atoms with van der Waals surface area (Å²) < 4.78 is 134. The Labute approximate surface area is 600 Å². The number of hydrogen-bond acceptors (Lipinski definition) is 28. The second-order valence-electron chi connectivity index (χ2n) is 27.3. The van der Waals surface area contributed by atoms with Crippen molar-refractivity contribution in [2.24, 2.45) is 23.7 Å². The molecule has 6 aromatic rings. The highest BCUT2D eigenvalue weighted by Gasteiger charge is 2.64. The monoisotopic (exact) mass is 1500 g/mol. The van der Waals surface area contributed by atoms with Gasteiger partial charge in [-0.2, -0.15) is 20.4 Å². The number of para-hydroxylation sites is 2. The van der Waals surface area contributed by atoms with Crippen LogP contribution in [0.1, 0.15) is 106 Å². The lowest BCUT2D eigenvalue weighted by molar-refractivity contribution is -0.178. The molecule has 0 spiro atoms. The first-order chi connectivity index (χ1) is 49.3. The number of halogens is 2. The molecule has 8 heterocycles. The standard InChI is InChI=1S/2C34H46FN6O10P/c2*1-20(2)31(42)48-28-27(25-12-13-26-30(36)37-19-38-41(25)26)50-34(17-35,29(28)49-32(43)21(3)4)18-46-52(45,51-23-10-8-7-9-11-23)39-22(5)33(44)47-24-14-15-40(6)16-24/h2*7-13,19-22,24,27-29H,14-18H2,1-6H3,(H,39,45)(H2,36,37,38)/t22-,24+,27-,28-,29-,34+,52+;22-,24+,27-,28-,29-,34+,52-/m00/s1. The number of carbonyl (C=O) groups excluding carboxylic acids is 6. The molecule has 4 aliphatic heterocycles. The van der Waals surface area contributed by atoms with Crippen LogP contribution in [0, 0.1) is 23.7 Å². The van der Waals surface area contributed by atoms with Gasteiger partial charge in [-0.3, -0.25) is 37.8 Å². The number of nitrogens with zero attached hydrogens (tertiary/aromatic N) is 8. The first kappa shape index (κ1) is 79.8. The highest BCUT2D eigenvalue weighted by molar-refractivity contribution is 7.52. The van der Waals surface area contributed by atoms with E-state index >= 15 is 8.78 Å². The zero-order chi connectivity index (χ0) is 75.6. The Hall–Kier alpha value is -8.30. The van der Waals surface area contributed by atoms with Gasteiger partial charge in [-0.15, -0.1) is 0 Å². The van der Waals surface area contributed by atoms with Gasteiger partial charge in [-0.25, -0.2) is 36.9 Å². The lowest BCUT2D eigenvalue weighted by Gasteiger charge is -2.34.